The fourth-order valence-electron chi connectivity index (χ4n) is 2.47. The molecule has 23 heavy (non-hydrogen) atoms. The second kappa shape index (κ2) is 7.39. The molecule has 1 aromatic heterocycles. The van der Waals surface area contributed by atoms with Gasteiger partial charge in [0.05, 0.1) is 6.67 Å². The third-order valence-corrected chi connectivity index (χ3v) is 3.87. The molecule has 0 amide bonds. The summed E-state index contributed by atoms with van der Waals surface area (Å²) in [6.45, 7) is 3.54. The van der Waals surface area contributed by atoms with Crippen LogP contribution in [0.15, 0.2) is 35.5 Å². The van der Waals surface area contributed by atoms with Gasteiger partial charge in [-0.05, 0) is 24.1 Å². The number of rotatable bonds is 6. The van der Waals surface area contributed by atoms with Gasteiger partial charge in [-0.3, -0.25) is 9.89 Å². The Kier molecular flexibility index (Phi) is 5.05. The van der Waals surface area contributed by atoms with Crippen LogP contribution in [0.4, 0.5) is 11.8 Å². The molecular formula is C16H19ClN6. The summed E-state index contributed by atoms with van der Waals surface area (Å²) in [6.07, 6.45) is 4.68. The minimum absolute atomic E-state index is 0.256. The molecule has 0 atom stereocenters. The third-order valence-electron chi connectivity index (χ3n) is 3.64. The molecule has 7 heteroatoms. The van der Waals surface area contributed by atoms with Crippen molar-refractivity contribution in [2.24, 2.45) is 4.99 Å². The summed E-state index contributed by atoms with van der Waals surface area (Å²) in [5.41, 5.74) is 7.59. The Balaban J connectivity index is 1.66. The maximum atomic E-state index is 6.07. The van der Waals surface area contributed by atoms with Crippen molar-refractivity contribution in [1.82, 2.24) is 14.9 Å². The number of nitrogen functional groups attached to an aromatic ring is 1. The molecule has 0 saturated carbocycles. The van der Waals surface area contributed by atoms with E-state index in [1.165, 1.54) is 0 Å². The maximum Gasteiger partial charge on any atom is 0.221 e. The summed E-state index contributed by atoms with van der Waals surface area (Å²) < 4.78 is 0. The summed E-state index contributed by atoms with van der Waals surface area (Å²) in [5, 5.41) is 4.03. The first-order valence-electron chi connectivity index (χ1n) is 7.55. The highest BCUT2D eigenvalue weighted by Crippen LogP contribution is 2.28. The molecule has 0 bridgehead atoms. The zero-order valence-corrected chi connectivity index (χ0v) is 13.5. The van der Waals surface area contributed by atoms with Crippen LogP contribution in [0, 0.1) is 0 Å². The lowest BCUT2D eigenvalue weighted by molar-refractivity contribution is 0.341. The van der Waals surface area contributed by atoms with E-state index in [-0.39, 0.29) is 5.95 Å². The van der Waals surface area contributed by atoms with Gasteiger partial charge in [0.25, 0.3) is 0 Å². The maximum absolute atomic E-state index is 6.07. The molecule has 120 valence electrons. The fraction of sp³-hybridized carbons (Fsp3) is 0.312. The molecule has 1 aromatic carbocycles. The van der Waals surface area contributed by atoms with Crippen LogP contribution < -0.4 is 11.1 Å². The third kappa shape index (κ3) is 4.18. The topological polar surface area (TPSA) is 79.4 Å². The predicted molar refractivity (Wildman–Crippen MR) is 94.9 cm³/mol. The monoisotopic (exact) mass is 330 g/mol. The van der Waals surface area contributed by atoms with Crippen molar-refractivity contribution in [1.29, 1.82) is 0 Å². The summed E-state index contributed by atoms with van der Waals surface area (Å²) in [4.78, 5) is 14.9. The van der Waals surface area contributed by atoms with Crippen molar-refractivity contribution in [3.8, 4) is 11.1 Å². The van der Waals surface area contributed by atoms with Crippen LogP contribution in [0.2, 0.25) is 5.02 Å². The smallest absolute Gasteiger partial charge is 0.221 e. The first-order valence-corrected chi connectivity index (χ1v) is 7.93. The lowest BCUT2D eigenvalue weighted by Crippen LogP contribution is -2.23. The summed E-state index contributed by atoms with van der Waals surface area (Å²) in [5.74, 6) is 0.989. The standard InChI is InChI=1S/C16H19ClN6/c17-13-4-1-3-12(9-13)14-10-21-16(18)22-15(14)20-5-2-7-23-8-6-19-11-23/h1,3-4,6,9-10H,2,5,7-8,11H2,(H3,18,20,21,22). The quantitative estimate of drug-likeness (QED) is 0.796. The predicted octanol–water partition coefficient (Wildman–Crippen LogP) is 2.53. The molecule has 2 aromatic rings. The van der Waals surface area contributed by atoms with E-state index in [9.17, 15) is 0 Å². The SMILES string of the molecule is Nc1ncc(-c2cccc(Cl)c2)c(NCCCN2CC=NC2)n1. The Morgan fingerprint density at radius 3 is 3.04 bits per heavy atom. The van der Waals surface area contributed by atoms with Crippen molar-refractivity contribution in [2.45, 2.75) is 6.42 Å². The van der Waals surface area contributed by atoms with Gasteiger partial charge in [-0.2, -0.15) is 4.98 Å². The number of aromatic nitrogens is 2. The number of aliphatic imine (C=N–C) groups is 1. The molecule has 6 nitrogen and oxygen atoms in total. The molecule has 0 saturated heterocycles. The van der Waals surface area contributed by atoms with E-state index in [1.807, 2.05) is 30.5 Å². The normalized spacial score (nSPS) is 14.3. The van der Waals surface area contributed by atoms with Gasteiger partial charge in [0, 0.05) is 42.6 Å². The van der Waals surface area contributed by atoms with Crippen molar-refractivity contribution < 1.29 is 0 Å². The van der Waals surface area contributed by atoms with Gasteiger partial charge < -0.3 is 11.1 Å². The minimum atomic E-state index is 0.256. The highest BCUT2D eigenvalue weighted by atomic mass is 35.5. The second-order valence-electron chi connectivity index (χ2n) is 5.36. The van der Waals surface area contributed by atoms with E-state index in [1.54, 1.807) is 6.20 Å². The van der Waals surface area contributed by atoms with Crippen LogP contribution in [-0.4, -0.2) is 47.4 Å². The van der Waals surface area contributed by atoms with Crippen molar-refractivity contribution in [2.75, 3.05) is 37.4 Å². The lowest BCUT2D eigenvalue weighted by Gasteiger charge is -2.15. The van der Waals surface area contributed by atoms with Gasteiger partial charge in [-0.1, -0.05) is 23.7 Å². The second-order valence-corrected chi connectivity index (χ2v) is 5.80. The molecule has 3 rings (SSSR count). The largest absolute Gasteiger partial charge is 0.369 e. The van der Waals surface area contributed by atoms with E-state index in [2.05, 4.69) is 25.2 Å². The average Bonchev–Trinajstić information content (AvgIpc) is 3.05. The summed E-state index contributed by atoms with van der Waals surface area (Å²) >= 11 is 6.07. The van der Waals surface area contributed by atoms with Crippen LogP contribution in [0.25, 0.3) is 11.1 Å². The van der Waals surface area contributed by atoms with Gasteiger partial charge in [-0.15, -0.1) is 0 Å². The van der Waals surface area contributed by atoms with Gasteiger partial charge >= 0.3 is 0 Å². The number of benzene rings is 1. The Labute approximate surface area is 140 Å². The first-order chi connectivity index (χ1) is 11.2. The molecule has 2 heterocycles. The average molecular weight is 331 g/mol. The van der Waals surface area contributed by atoms with E-state index in [0.29, 0.717) is 5.02 Å². The van der Waals surface area contributed by atoms with Crippen LogP contribution in [0.3, 0.4) is 0 Å². The van der Waals surface area contributed by atoms with Gasteiger partial charge in [-0.25, -0.2) is 4.98 Å². The highest BCUT2D eigenvalue weighted by Gasteiger charge is 2.10. The Bertz CT molecular complexity index is 695. The van der Waals surface area contributed by atoms with Gasteiger partial charge in [0.2, 0.25) is 5.95 Å². The molecule has 0 spiro atoms. The Morgan fingerprint density at radius 1 is 1.35 bits per heavy atom. The van der Waals surface area contributed by atoms with Crippen molar-refractivity contribution in [3.63, 3.8) is 0 Å². The van der Waals surface area contributed by atoms with Crippen molar-refractivity contribution >= 4 is 29.6 Å². The molecule has 0 aliphatic carbocycles. The van der Waals surface area contributed by atoms with Crippen molar-refractivity contribution in [3.05, 3.63) is 35.5 Å². The number of halogens is 1. The minimum Gasteiger partial charge on any atom is -0.369 e. The molecule has 0 unspecified atom stereocenters. The number of nitrogens with zero attached hydrogens (tertiary/aromatic N) is 4. The fourth-order valence-corrected chi connectivity index (χ4v) is 2.66. The van der Waals surface area contributed by atoms with E-state index >= 15 is 0 Å². The van der Waals surface area contributed by atoms with Crippen LogP contribution in [0.5, 0.6) is 0 Å². The number of hydrogen-bond acceptors (Lipinski definition) is 6. The molecule has 0 radical (unpaired) electrons. The zero-order valence-electron chi connectivity index (χ0n) is 12.7. The molecule has 1 aliphatic heterocycles. The van der Waals surface area contributed by atoms with Gasteiger partial charge in [0.15, 0.2) is 0 Å². The highest BCUT2D eigenvalue weighted by molar-refractivity contribution is 6.30. The Hall–Kier alpha value is -2.18. The number of nitrogens with two attached hydrogens (primary N) is 1. The van der Waals surface area contributed by atoms with E-state index in [4.69, 9.17) is 17.3 Å². The van der Waals surface area contributed by atoms with Crippen LogP contribution >= 0.6 is 11.6 Å². The Morgan fingerprint density at radius 2 is 2.26 bits per heavy atom. The van der Waals surface area contributed by atoms with Gasteiger partial charge in [0.1, 0.15) is 5.82 Å². The zero-order chi connectivity index (χ0) is 16.1. The first kappa shape index (κ1) is 15.7. The molecule has 1 aliphatic rings. The molecular weight excluding hydrogens is 312 g/mol. The number of anilines is 2. The lowest BCUT2D eigenvalue weighted by atomic mass is 10.1. The number of nitrogens with one attached hydrogen (secondary N) is 1. The van der Waals surface area contributed by atoms with Crippen LogP contribution in [0.1, 0.15) is 6.42 Å². The molecule has 3 N–H and O–H groups in total. The summed E-state index contributed by atoms with van der Waals surface area (Å²) in [6, 6.07) is 7.62. The summed E-state index contributed by atoms with van der Waals surface area (Å²) in [7, 11) is 0. The molecule has 0 fully saturated rings. The number of hydrogen-bond donors (Lipinski definition) is 2. The van der Waals surface area contributed by atoms with Crippen LogP contribution in [-0.2, 0) is 0 Å². The van der Waals surface area contributed by atoms with E-state index < -0.39 is 0 Å². The van der Waals surface area contributed by atoms with E-state index in [0.717, 1.165) is 49.7 Å².